The highest BCUT2D eigenvalue weighted by Gasteiger charge is 2.30. The van der Waals surface area contributed by atoms with Gasteiger partial charge in [-0.15, -0.1) is 12.4 Å². The van der Waals surface area contributed by atoms with Crippen LogP contribution in [-0.2, 0) is 6.18 Å². The first-order valence-electron chi connectivity index (χ1n) is 9.61. The van der Waals surface area contributed by atoms with Crippen LogP contribution in [-0.4, -0.2) is 24.5 Å². The lowest BCUT2D eigenvalue weighted by Crippen LogP contribution is -2.29. The Morgan fingerprint density at radius 1 is 1.08 bits per heavy atom. The van der Waals surface area contributed by atoms with Crippen LogP contribution in [0, 0.1) is 5.92 Å². The van der Waals surface area contributed by atoms with E-state index in [4.69, 9.17) is 0 Å². The van der Waals surface area contributed by atoms with E-state index >= 15 is 0 Å². The van der Waals surface area contributed by atoms with Crippen LogP contribution in [0.4, 0.5) is 13.2 Å². The molecule has 1 nitrogen and oxygen atoms in total. The Bertz CT molecular complexity index is 591. The molecule has 1 aromatic rings. The van der Waals surface area contributed by atoms with Gasteiger partial charge in [-0.1, -0.05) is 50.3 Å². The van der Waals surface area contributed by atoms with Crippen molar-refractivity contribution in [1.82, 2.24) is 4.90 Å². The number of benzene rings is 1. The van der Waals surface area contributed by atoms with Gasteiger partial charge in [-0.3, -0.25) is 4.90 Å². The minimum Gasteiger partial charge on any atom is -0.299 e. The van der Waals surface area contributed by atoms with Crippen LogP contribution in [0.5, 0.6) is 0 Å². The Hall–Kier alpha value is -1.00. The molecule has 1 fully saturated rings. The summed E-state index contributed by atoms with van der Waals surface area (Å²) < 4.78 is 38.6. The van der Waals surface area contributed by atoms with Crippen molar-refractivity contribution in [2.24, 2.45) is 5.92 Å². The van der Waals surface area contributed by atoms with Gasteiger partial charge in [0.1, 0.15) is 0 Å². The second kappa shape index (κ2) is 9.80. The average molecular weight is 388 g/mol. The van der Waals surface area contributed by atoms with Gasteiger partial charge >= 0.3 is 6.18 Å². The van der Waals surface area contributed by atoms with Crippen molar-refractivity contribution < 1.29 is 13.2 Å². The Balaban J connectivity index is 0.00000243. The van der Waals surface area contributed by atoms with E-state index in [2.05, 4.69) is 11.0 Å². The summed E-state index contributed by atoms with van der Waals surface area (Å²) in [5.74, 6) is 0.926. The zero-order chi connectivity index (χ0) is 17.7. The second-order valence-electron chi connectivity index (χ2n) is 7.50. The Morgan fingerprint density at radius 2 is 1.85 bits per heavy atom. The molecule has 2 aliphatic rings. The Kier molecular flexibility index (Phi) is 8.03. The van der Waals surface area contributed by atoms with E-state index < -0.39 is 11.7 Å². The maximum absolute atomic E-state index is 12.9. The van der Waals surface area contributed by atoms with E-state index in [-0.39, 0.29) is 12.4 Å². The highest BCUT2D eigenvalue weighted by Crippen LogP contribution is 2.32. The molecule has 0 N–H and O–H groups in total. The first-order chi connectivity index (χ1) is 12.0. The van der Waals surface area contributed by atoms with Crippen molar-refractivity contribution in [2.45, 2.75) is 57.5 Å². The first kappa shape index (κ1) is 21.3. The summed E-state index contributed by atoms with van der Waals surface area (Å²) in [5, 5.41) is 0. The molecule has 0 aromatic heterocycles. The maximum atomic E-state index is 12.9. The van der Waals surface area contributed by atoms with Crippen molar-refractivity contribution >= 4 is 18.0 Å². The van der Waals surface area contributed by atoms with E-state index in [1.165, 1.54) is 57.1 Å². The smallest absolute Gasteiger partial charge is 0.299 e. The van der Waals surface area contributed by atoms with E-state index in [9.17, 15) is 13.2 Å². The number of nitrogens with zero attached hydrogens (tertiary/aromatic N) is 1. The molecule has 1 heterocycles. The predicted molar refractivity (Wildman–Crippen MR) is 104 cm³/mol. The van der Waals surface area contributed by atoms with Crippen LogP contribution < -0.4 is 0 Å². The van der Waals surface area contributed by atoms with Crippen molar-refractivity contribution in [1.29, 1.82) is 0 Å². The van der Waals surface area contributed by atoms with Crippen molar-refractivity contribution in [2.75, 3.05) is 19.6 Å². The third kappa shape index (κ3) is 6.02. The summed E-state index contributed by atoms with van der Waals surface area (Å²) >= 11 is 0. The topological polar surface area (TPSA) is 3.24 Å². The van der Waals surface area contributed by atoms with Gasteiger partial charge in [-0.05, 0) is 55.0 Å². The lowest BCUT2D eigenvalue weighted by atomic mass is 9.86. The van der Waals surface area contributed by atoms with Gasteiger partial charge in [0.05, 0.1) is 5.56 Å². The van der Waals surface area contributed by atoms with Crippen LogP contribution in [0.25, 0.3) is 5.57 Å². The standard InChI is InChI=1S/C21H28F3N.ClH/c22-21(23,24)20-10-4-9-19(16-20)18-11-14-25(15-12-18)13-5-8-17-6-2-1-3-7-17;/h4,9-11,16-17H,1-3,5-8,12-15H2;1H. The molecule has 1 aromatic carbocycles. The van der Waals surface area contributed by atoms with Crippen LogP contribution >= 0.6 is 12.4 Å². The fourth-order valence-electron chi connectivity index (χ4n) is 4.15. The number of hydrogen-bond donors (Lipinski definition) is 0. The zero-order valence-electron chi connectivity index (χ0n) is 15.2. The molecule has 1 aliphatic carbocycles. The van der Waals surface area contributed by atoms with Crippen LogP contribution in [0.2, 0.25) is 0 Å². The van der Waals surface area contributed by atoms with E-state index in [0.717, 1.165) is 49.2 Å². The fraction of sp³-hybridized carbons (Fsp3) is 0.619. The van der Waals surface area contributed by atoms with Gasteiger partial charge < -0.3 is 0 Å². The number of hydrogen-bond acceptors (Lipinski definition) is 1. The molecular weight excluding hydrogens is 359 g/mol. The van der Waals surface area contributed by atoms with E-state index in [1.54, 1.807) is 6.07 Å². The maximum Gasteiger partial charge on any atom is 0.416 e. The number of alkyl halides is 3. The van der Waals surface area contributed by atoms with Crippen LogP contribution in [0.1, 0.15) is 62.5 Å². The summed E-state index contributed by atoms with van der Waals surface area (Å²) in [4.78, 5) is 2.43. The third-order valence-corrected chi connectivity index (χ3v) is 5.67. The predicted octanol–water partition coefficient (Wildman–Crippen LogP) is 6.58. The van der Waals surface area contributed by atoms with Crippen molar-refractivity contribution in [3.63, 3.8) is 0 Å². The Labute approximate surface area is 161 Å². The summed E-state index contributed by atoms with van der Waals surface area (Å²) in [6, 6.07) is 5.73. The monoisotopic (exact) mass is 387 g/mol. The highest BCUT2D eigenvalue weighted by molar-refractivity contribution is 5.85. The van der Waals surface area contributed by atoms with Crippen molar-refractivity contribution in [3.8, 4) is 0 Å². The summed E-state index contributed by atoms with van der Waals surface area (Å²) in [6.07, 6.45) is 8.28. The van der Waals surface area contributed by atoms with Gasteiger partial charge in [-0.25, -0.2) is 0 Å². The molecule has 0 unspecified atom stereocenters. The molecule has 0 amide bonds. The second-order valence-corrected chi connectivity index (χ2v) is 7.50. The lowest BCUT2D eigenvalue weighted by molar-refractivity contribution is -0.137. The SMILES string of the molecule is Cl.FC(F)(F)c1cccc(C2=CCN(CCCC3CCCCC3)CC2)c1. The minimum absolute atomic E-state index is 0. The normalized spacial score (nSPS) is 19.7. The molecule has 3 rings (SSSR count). The quantitative estimate of drug-likeness (QED) is 0.551. The molecule has 5 heteroatoms. The molecule has 0 spiro atoms. The van der Waals surface area contributed by atoms with Gasteiger partial charge in [0, 0.05) is 13.1 Å². The van der Waals surface area contributed by atoms with Gasteiger partial charge in [0.25, 0.3) is 0 Å². The summed E-state index contributed by atoms with van der Waals surface area (Å²) in [7, 11) is 0. The van der Waals surface area contributed by atoms with E-state index in [0.29, 0.717) is 0 Å². The molecule has 1 aliphatic heterocycles. The largest absolute Gasteiger partial charge is 0.416 e. The molecule has 0 atom stereocenters. The minimum atomic E-state index is -4.27. The molecule has 0 radical (unpaired) electrons. The molecule has 0 saturated heterocycles. The van der Waals surface area contributed by atoms with E-state index in [1.807, 2.05) is 0 Å². The third-order valence-electron chi connectivity index (χ3n) is 5.67. The highest BCUT2D eigenvalue weighted by atomic mass is 35.5. The molecule has 26 heavy (non-hydrogen) atoms. The summed E-state index contributed by atoms with van der Waals surface area (Å²) in [5.41, 5.74) is 1.21. The molecule has 1 saturated carbocycles. The van der Waals surface area contributed by atoms with Gasteiger partial charge in [0.15, 0.2) is 0 Å². The molecular formula is C21H29ClF3N. The molecule has 146 valence electrons. The zero-order valence-corrected chi connectivity index (χ0v) is 16.0. The number of halogens is 4. The van der Waals surface area contributed by atoms with Crippen molar-refractivity contribution in [3.05, 3.63) is 41.5 Å². The average Bonchev–Trinajstić information content (AvgIpc) is 2.63. The van der Waals surface area contributed by atoms with Crippen LogP contribution in [0.3, 0.4) is 0 Å². The lowest BCUT2D eigenvalue weighted by Gasteiger charge is -2.28. The van der Waals surface area contributed by atoms with Gasteiger partial charge in [-0.2, -0.15) is 13.2 Å². The van der Waals surface area contributed by atoms with Crippen LogP contribution in [0.15, 0.2) is 30.3 Å². The number of rotatable bonds is 5. The summed E-state index contributed by atoms with van der Waals surface area (Å²) in [6.45, 7) is 2.92. The van der Waals surface area contributed by atoms with Gasteiger partial charge in [0.2, 0.25) is 0 Å². The Morgan fingerprint density at radius 3 is 2.50 bits per heavy atom. The molecule has 0 bridgehead atoms. The fourth-order valence-corrected chi connectivity index (χ4v) is 4.15. The first-order valence-corrected chi connectivity index (χ1v) is 9.61.